The van der Waals surface area contributed by atoms with Gasteiger partial charge < -0.3 is 25.4 Å². The number of hydrogen-bond donors (Lipinski definition) is 2. The van der Waals surface area contributed by atoms with E-state index >= 15 is 0 Å². The zero-order chi connectivity index (χ0) is 26.1. The molecule has 3 heterocycles. The number of rotatable bonds is 5. The smallest absolute Gasteiger partial charge is 0.338 e. The van der Waals surface area contributed by atoms with Crippen LogP contribution in [0.4, 0.5) is 9.18 Å². The Morgan fingerprint density at radius 3 is 2.75 bits per heavy atom. The van der Waals surface area contributed by atoms with E-state index in [-0.39, 0.29) is 40.7 Å². The van der Waals surface area contributed by atoms with Crippen LogP contribution < -0.4 is 11.1 Å². The maximum absolute atomic E-state index is 14.8. The van der Waals surface area contributed by atoms with Crippen LogP contribution in [0.5, 0.6) is 0 Å². The van der Waals surface area contributed by atoms with Gasteiger partial charge in [0.2, 0.25) is 5.88 Å². The van der Waals surface area contributed by atoms with Gasteiger partial charge in [0.05, 0.1) is 23.9 Å². The van der Waals surface area contributed by atoms with Gasteiger partial charge >= 0.3 is 12.0 Å². The number of nitriles is 1. The molecule has 188 valence electrons. The van der Waals surface area contributed by atoms with E-state index < -0.39 is 41.9 Å². The number of nitrogens with zero attached hydrogens (tertiary/aromatic N) is 4. The van der Waals surface area contributed by atoms with E-state index in [0.29, 0.717) is 5.17 Å². The Morgan fingerprint density at radius 1 is 1.36 bits per heavy atom. The van der Waals surface area contributed by atoms with Gasteiger partial charge in [-0.05, 0) is 13.0 Å². The predicted octanol–water partition coefficient (Wildman–Crippen LogP) is 1.36. The molecule has 3 aliphatic heterocycles. The number of halogens is 1. The van der Waals surface area contributed by atoms with Crippen molar-refractivity contribution in [3.63, 3.8) is 0 Å². The number of hydrogen-bond acceptors (Lipinski definition) is 10. The highest BCUT2D eigenvalue weighted by Crippen LogP contribution is 2.41. The zero-order valence-electron chi connectivity index (χ0n) is 19.6. The number of amidine groups is 1. The van der Waals surface area contributed by atoms with Crippen LogP contribution in [0.15, 0.2) is 52.0 Å². The second-order valence-electron chi connectivity index (χ2n) is 8.05. The molecule has 1 fully saturated rings. The van der Waals surface area contributed by atoms with Crippen LogP contribution in [-0.2, 0) is 19.1 Å². The highest BCUT2D eigenvalue weighted by atomic mass is 32.2. The van der Waals surface area contributed by atoms with E-state index in [2.05, 4.69) is 10.3 Å². The predicted molar refractivity (Wildman–Crippen MR) is 127 cm³/mol. The first-order valence-electron chi connectivity index (χ1n) is 10.9. The standard InChI is InChI=1S/C23H23FN6O5S/c1-4-34-21(32)16-14(35-18(26)12(9-25)15(16)11-7-5-6-8-13(11)24)10-36-22-27-17-19(28-22)29(2)23(33)30(3)20(17)31/h5-8,15,17,19H,4,10,26H2,1-3H3,(H,27,28)/t15-,17-,19+/m1/s1. The molecule has 3 amide bonds. The van der Waals surface area contributed by atoms with Crippen molar-refractivity contribution in [3.05, 3.63) is 58.4 Å². The molecule has 0 radical (unpaired) electrons. The van der Waals surface area contributed by atoms with E-state index in [1.54, 1.807) is 20.0 Å². The summed E-state index contributed by atoms with van der Waals surface area (Å²) in [6.07, 6.45) is -0.726. The molecule has 11 nitrogen and oxygen atoms in total. The molecule has 0 aliphatic carbocycles. The molecule has 0 saturated carbocycles. The number of allylic oxidation sites excluding steroid dienone is 1. The maximum atomic E-state index is 14.8. The molecule has 0 unspecified atom stereocenters. The summed E-state index contributed by atoms with van der Waals surface area (Å²) in [7, 11) is 2.93. The van der Waals surface area contributed by atoms with Gasteiger partial charge in [-0.1, -0.05) is 30.0 Å². The molecule has 3 N–H and O–H groups in total. The number of benzene rings is 1. The van der Waals surface area contributed by atoms with Crippen molar-refractivity contribution in [2.75, 3.05) is 26.5 Å². The number of carbonyl (C=O) groups is 3. The Balaban J connectivity index is 1.68. The molecule has 1 aromatic rings. The molecular weight excluding hydrogens is 491 g/mol. The van der Waals surface area contributed by atoms with E-state index in [1.165, 1.54) is 30.1 Å². The molecule has 13 heteroatoms. The zero-order valence-corrected chi connectivity index (χ0v) is 20.5. The summed E-state index contributed by atoms with van der Waals surface area (Å²) in [5, 5.41) is 13.1. The quantitative estimate of drug-likeness (QED) is 0.555. The highest BCUT2D eigenvalue weighted by molar-refractivity contribution is 8.14. The number of likely N-dealkylation sites (N-methyl/N-ethyl adjacent to an activating group) is 2. The van der Waals surface area contributed by atoms with Crippen LogP contribution >= 0.6 is 11.8 Å². The summed E-state index contributed by atoms with van der Waals surface area (Å²) < 4.78 is 25.7. The minimum absolute atomic E-state index is 0.00846. The van der Waals surface area contributed by atoms with E-state index in [9.17, 15) is 24.0 Å². The van der Waals surface area contributed by atoms with Gasteiger partial charge in [-0.3, -0.25) is 9.69 Å². The number of nitrogens with two attached hydrogens (primary N) is 1. The molecule has 36 heavy (non-hydrogen) atoms. The Bertz CT molecular complexity index is 1270. The second kappa shape index (κ2) is 9.90. The second-order valence-corrected chi connectivity index (χ2v) is 9.02. The van der Waals surface area contributed by atoms with Crippen molar-refractivity contribution in [3.8, 4) is 6.07 Å². The van der Waals surface area contributed by atoms with Crippen LogP contribution in [0.3, 0.4) is 0 Å². The fraction of sp³-hybridized carbons (Fsp3) is 0.348. The van der Waals surface area contributed by atoms with Gasteiger partial charge in [-0.15, -0.1) is 0 Å². The molecule has 3 atom stereocenters. The Hall–Kier alpha value is -4.05. The number of fused-ring (bicyclic) bond motifs is 1. The third-order valence-corrected chi connectivity index (χ3v) is 6.86. The fourth-order valence-corrected chi connectivity index (χ4v) is 5.06. The number of ether oxygens (including phenoxy) is 2. The lowest BCUT2D eigenvalue weighted by atomic mass is 9.83. The topological polar surface area (TPSA) is 150 Å². The van der Waals surface area contributed by atoms with Crippen molar-refractivity contribution < 1.29 is 28.2 Å². The Morgan fingerprint density at radius 2 is 2.08 bits per heavy atom. The Labute approximate surface area is 210 Å². The number of imide groups is 1. The van der Waals surface area contributed by atoms with E-state index in [1.807, 2.05) is 6.07 Å². The van der Waals surface area contributed by atoms with E-state index in [4.69, 9.17) is 15.2 Å². The lowest BCUT2D eigenvalue weighted by molar-refractivity contribution is -0.139. The monoisotopic (exact) mass is 514 g/mol. The molecular formula is C23H23FN6O5S. The average Bonchev–Trinajstić information content (AvgIpc) is 3.29. The summed E-state index contributed by atoms with van der Waals surface area (Å²) in [4.78, 5) is 44.6. The summed E-state index contributed by atoms with van der Waals surface area (Å²) in [6.45, 7) is 1.66. The number of amides is 3. The molecule has 3 aliphatic rings. The molecule has 0 bridgehead atoms. The van der Waals surface area contributed by atoms with Gasteiger partial charge in [0.25, 0.3) is 5.91 Å². The number of esters is 1. The largest absolute Gasteiger partial charge is 0.463 e. The molecule has 1 saturated heterocycles. The van der Waals surface area contributed by atoms with Crippen LogP contribution in [-0.4, -0.2) is 71.5 Å². The summed E-state index contributed by atoms with van der Waals surface area (Å²) in [5.74, 6) is -3.17. The first-order valence-corrected chi connectivity index (χ1v) is 11.9. The minimum Gasteiger partial charge on any atom is -0.463 e. The number of aliphatic imine (C=N–C) groups is 1. The van der Waals surface area contributed by atoms with Crippen molar-refractivity contribution >= 4 is 34.8 Å². The van der Waals surface area contributed by atoms with Crippen LogP contribution in [0, 0.1) is 17.1 Å². The van der Waals surface area contributed by atoms with Crippen molar-refractivity contribution in [1.29, 1.82) is 5.26 Å². The van der Waals surface area contributed by atoms with Crippen LogP contribution in [0.1, 0.15) is 18.4 Å². The normalized spacial score (nSPS) is 23.6. The highest BCUT2D eigenvalue weighted by Gasteiger charge is 2.47. The fourth-order valence-electron chi connectivity index (χ4n) is 4.18. The molecule has 1 aromatic carbocycles. The number of urea groups is 1. The Kier molecular flexibility index (Phi) is 6.89. The van der Waals surface area contributed by atoms with E-state index in [0.717, 1.165) is 16.7 Å². The number of carbonyl (C=O) groups excluding carboxylic acids is 3. The molecule has 0 aromatic heterocycles. The van der Waals surface area contributed by atoms with Gasteiger partial charge in [0.1, 0.15) is 29.3 Å². The third-order valence-electron chi connectivity index (χ3n) is 5.96. The van der Waals surface area contributed by atoms with Crippen molar-refractivity contribution in [2.45, 2.75) is 25.0 Å². The average molecular weight is 515 g/mol. The maximum Gasteiger partial charge on any atom is 0.338 e. The van der Waals surface area contributed by atoms with Crippen molar-refractivity contribution in [2.24, 2.45) is 10.7 Å². The van der Waals surface area contributed by atoms with Gasteiger partial charge in [0, 0.05) is 19.7 Å². The van der Waals surface area contributed by atoms with Gasteiger partial charge in [0.15, 0.2) is 11.3 Å². The first kappa shape index (κ1) is 25.1. The lowest BCUT2D eigenvalue weighted by Crippen LogP contribution is -2.63. The first-order chi connectivity index (χ1) is 17.2. The molecule has 4 rings (SSSR count). The summed E-state index contributed by atoms with van der Waals surface area (Å²) >= 11 is 1.10. The van der Waals surface area contributed by atoms with Crippen LogP contribution in [0.25, 0.3) is 0 Å². The third kappa shape index (κ3) is 4.24. The minimum atomic E-state index is -1.14. The lowest BCUT2D eigenvalue weighted by Gasteiger charge is -2.36. The summed E-state index contributed by atoms with van der Waals surface area (Å²) in [6, 6.07) is 6.45. The van der Waals surface area contributed by atoms with Gasteiger partial charge in [-0.2, -0.15) is 5.26 Å². The van der Waals surface area contributed by atoms with Gasteiger partial charge in [-0.25, -0.2) is 19.0 Å². The van der Waals surface area contributed by atoms with Crippen LogP contribution in [0.2, 0.25) is 0 Å². The van der Waals surface area contributed by atoms with Crippen molar-refractivity contribution in [1.82, 2.24) is 15.1 Å². The number of nitrogens with one attached hydrogen (secondary N) is 1. The molecule has 0 spiro atoms. The SMILES string of the molecule is CCOC(=O)C1=C(CSC2=N[C@@H]3[C@@H](N2)C(=O)N(C)C(=O)N3C)OC(N)=C(C#N)[C@H]1c1ccccc1F. The number of thioether (sulfide) groups is 1. The summed E-state index contributed by atoms with van der Waals surface area (Å²) in [5.41, 5.74) is 5.91.